The molecule has 0 aliphatic carbocycles. The summed E-state index contributed by atoms with van der Waals surface area (Å²) in [5.41, 5.74) is 0.814. The number of aldehydes is 1. The third kappa shape index (κ3) is 2.36. The molecule has 0 saturated heterocycles. The van der Waals surface area contributed by atoms with Gasteiger partial charge < -0.3 is 5.11 Å². The van der Waals surface area contributed by atoms with Crippen LogP contribution in [-0.4, -0.2) is 11.4 Å². The molecule has 68 valence electrons. The first-order valence-electron chi connectivity index (χ1n) is 3.92. The Hall–Kier alpha value is -2.26. The van der Waals surface area contributed by atoms with E-state index in [4.69, 9.17) is 5.26 Å². The van der Waals surface area contributed by atoms with Crippen LogP contribution in [0.5, 0.6) is 5.75 Å². The molecule has 0 spiro atoms. The zero-order valence-corrected chi connectivity index (χ0v) is 7.32. The number of rotatable bonds is 1. The average molecular weight is 185 g/mol. The number of nitrogens with zero attached hydrogens (tertiary/aromatic N) is 1. The standard InChI is InChI=1S/C11H7NO2/c12-6-2-1-3-10-7-9(8-13)4-5-11(10)14/h4-5,7-8,14H,2H2. The molecule has 1 aromatic carbocycles. The summed E-state index contributed by atoms with van der Waals surface area (Å²) in [6.45, 7) is 0. The predicted octanol–water partition coefficient (Wildman–Crippen LogP) is 1.47. The van der Waals surface area contributed by atoms with E-state index in [-0.39, 0.29) is 12.2 Å². The van der Waals surface area contributed by atoms with E-state index in [1.54, 1.807) is 0 Å². The van der Waals surface area contributed by atoms with Gasteiger partial charge >= 0.3 is 0 Å². The van der Waals surface area contributed by atoms with Crippen molar-refractivity contribution in [3.63, 3.8) is 0 Å². The summed E-state index contributed by atoms with van der Waals surface area (Å²) in [4.78, 5) is 10.4. The van der Waals surface area contributed by atoms with Gasteiger partial charge in [0.2, 0.25) is 0 Å². The minimum atomic E-state index is 0.0149. The van der Waals surface area contributed by atoms with Crippen LogP contribution >= 0.6 is 0 Å². The quantitative estimate of drug-likeness (QED) is 0.532. The molecule has 0 aliphatic heterocycles. The fourth-order valence-electron chi connectivity index (χ4n) is 0.906. The highest BCUT2D eigenvalue weighted by Crippen LogP contribution is 2.16. The van der Waals surface area contributed by atoms with Crippen LogP contribution in [0, 0.1) is 23.2 Å². The fourth-order valence-corrected chi connectivity index (χ4v) is 0.906. The SMILES string of the molecule is N#CCC#Cc1cc(C=O)ccc1O. The van der Waals surface area contributed by atoms with Crippen LogP contribution in [0.1, 0.15) is 22.3 Å². The second kappa shape index (κ2) is 4.69. The molecule has 3 heteroatoms. The number of phenols is 1. The number of nitriles is 1. The maximum atomic E-state index is 10.4. The normalized spacial score (nSPS) is 8.21. The Kier molecular flexibility index (Phi) is 3.29. The lowest BCUT2D eigenvalue weighted by molar-refractivity contribution is 0.112. The third-order valence-electron chi connectivity index (χ3n) is 1.55. The van der Waals surface area contributed by atoms with Gasteiger partial charge in [0.25, 0.3) is 0 Å². The number of benzene rings is 1. The third-order valence-corrected chi connectivity index (χ3v) is 1.55. The summed E-state index contributed by atoms with van der Waals surface area (Å²) in [7, 11) is 0. The molecule has 0 unspecified atom stereocenters. The Balaban J connectivity index is 3.03. The van der Waals surface area contributed by atoms with Gasteiger partial charge in [0.05, 0.1) is 18.1 Å². The molecule has 0 aromatic heterocycles. The Labute approximate surface area is 81.6 Å². The fraction of sp³-hybridized carbons (Fsp3) is 0.0909. The zero-order chi connectivity index (χ0) is 10.4. The van der Waals surface area contributed by atoms with Gasteiger partial charge in [-0.05, 0) is 18.2 Å². The Bertz CT molecular complexity index is 447. The van der Waals surface area contributed by atoms with E-state index in [0.29, 0.717) is 17.4 Å². The average Bonchev–Trinajstić information content (AvgIpc) is 2.21. The largest absolute Gasteiger partial charge is 0.507 e. The van der Waals surface area contributed by atoms with E-state index in [1.807, 2.05) is 6.07 Å². The van der Waals surface area contributed by atoms with E-state index in [2.05, 4.69) is 11.8 Å². The second-order valence-corrected chi connectivity index (χ2v) is 2.53. The van der Waals surface area contributed by atoms with Gasteiger partial charge in [-0.2, -0.15) is 5.26 Å². The summed E-state index contributed by atoms with van der Waals surface area (Å²) in [6.07, 6.45) is 0.777. The molecule has 0 saturated carbocycles. The maximum absolute atomic E-state index is 10.4. The number of aromatic hydroxyl groups is 1. The highest BCUT2D eigenvalue weighted by molar-refractivity contribution is 5.76. The van der Waals surface area contributed by atoms with E-state index >= 15 is 0 Å². The lowest BCUT2D eigenvalue weighted by Gasteiger charge is -1.96. The van der Waals surface area contributed by atoms with Gasteiger partial charge in [-0.25, -0.2) is 0 Å². The number of carbonyl (C=O) groups excluding carboxylic acids is 1. The molecule has 1 aromatic rings. The molecule has 14 heavy (non-hydrogen) atoms. The van der Waals surface area contributed by atoms with Crippen molar-refractivity contribution < 1.29 is 9.90 Å². The highest BCUT2D eigenvalue weighted by atomic mass is 16.3. The monoisotopic (exact) mass is 185 g/mol. The molecular formula is C11H7NO2. The Morgan fingerprint density at radius 2 is 2.29 bits per heavy atom. The van der Waals surface area contributed by atoms with Crippen molar-refractivity contribution in [3.8, 4) is 23.7 Å². The van der Waals surface area contributed by atoms with Crippen molar-refractivity contribution in [2.75, 3.05) is 0 Å². The molecule has 0 amide bonds. The Morgan fingerprint density at radius 3 is 2.93 bits per heavy atom. The highest BCUT2D eigenvalue weighted by Gasteiger charge is 1.98. The summed E-state index contributed by atoms with van der Waals surface area (Å²) >= 11 is 0. The van der Waals surface area contributed by atoms with Crippen molar-refractivity contribution in [3.05, 3.63) is 29.3 Å². The van der Waals surface area contributed by atoms with Crippen LogP contribution in [0.25, 0.3) is 0 Å². The molecule has 0 fully saturated rings. The lowest BCUT2D eigenvalue weighted by Crippen LogP contribution is -1.82. The summed E-state index contributed by atoms with van der Waals surface area (Å²) in [6, 6.07) is 6.24. The van der Waals surface area contributed by atoms with E-state index in [9.17, 15) is 9.90 Å². The first-order valence-corrected chi connectivity index (χ1v) is 3.92. The van der Waals surface area contributed by atoms with E-state index in [1.165, 1.54) is 18.2 Å². The predicted molar refractivity (Wildman–Crippen MR) is 50.6 cm³/mol. The minimum Gasteiger partial charge on any atom is -0.507 e. The molecule has 0 heterocycles. The van der Waals surface area contributed by atoms with Crippen LogP contribution in [0.3, 0.4) is 0 Å². The van der Waals surface area contributed by atoms with E-state index in [0.717, 1.165) is 0 Å². The van der Waals surface area contributed by atoms with Crippen molar-refractivity contribution in [2.24, 2.45) is 0 Å². The molecule has 1 rings (SSSR count). The number of hydrogen-bond acceptors (Lipinski definition) is 3. The van der Waals surface area contributed by atoms with Gasteiger partial charge in [0.15, 0.2) is 0 Å². The van der Waals surface area contributed by atoms with Crippen molar-refractivity contribution in [2.45, 2.75) is 6.42 Å². The van der Waals surface area contributed by atoms with E-state index < -0.39 is 0 Å². The zero-order valence-electron chi connectivity index (χ0n) is 7.32. The number of hydrogen-bond donors (Lipinski definition) is 1. The summed E-state index contributed by atoms with van der Waals surface area (Å²) in [5, 5.41) is 17.6. The minimum absolute atomic E-state index is 0.0149. The maximum Gasteiger partial charge on any atom is 0.150 e. The van der Waals surface area contributed by atoms with Crippen LogP contribution in [0.4, 0.5) is 0 Å². The summed E-state index contributed by atoms with van der Waals surface area (Å²) in [5.74, 6) is 5.18. The molecule has 0 atom stereocenters. The van der Waals surface area contributed by atoms with Crippen molar-refractivity contribution in [1.29, 1.82) is 5.26 Å². The molecule has 0 aliphatic rings. The first-order chi connectivity index (χ1) is 6.77. The molecule has 3 nitrogen and oxygen atoms in total. The van der Waals surface area contributed by atoms with Gasteiger partial charge in [-0.15, -0.1) is 0 Å². The smallest absolute Gasteiger partial charge is 0.150 e. The molecule has 0 radical (unpaired) electrons. The van der Waals surface area contributed by atoms with Gasteiger partial charge in [-0.1, -0.05) is 11.8 Å². The van der Waals surface area contributed by atoms with Crippen molar-refractivity contribution >= 4 is 6.29 Å². The van der Waals surface area contributed by atoms with Crippen molar-refractivity contribution in [1.82, 2.24) is 0 Å². The number of phenolic OH excluding ortho intramolecular Hbond substituents is 1. The van der Waals surface area contributed by atoms with Gasteiger partial charge in [-0.3, -0.25) is 4.79 Å². The molecule has 1 N–H and O–H groups in total. The van der Waals surface area contributed by atoms with Crippen LogP contribution in [0.2, 0.25) is 0 Å². The Morgan fingerprint density at radius 1 is 1.50 bits per heavy atom. The van der Waals surface area contributed by atoms with Crippen LogP contribution in [-0.2, 0) is 0 Å². The first kappa shape index (κ1) is 9.83. The number of carbonyl (C=O) groups is 1. The molecular weight excluding hydrogens is 178 g/mol. The van der Waals surface area contributed by atoms with Crippen LogP contribution < -0.4 is 0 Å². The van der Waals surface area contributed by atoms with Crippen LogP contribution in [0.15, 0.2) is 18.2 Å². The topological polar surface area (TPSA) is 61.1 Å². The van der Waals surface area contributed by atoms with Gasteiger partial charge in [0, 0.05) is 5.56 Å². The lowest BCUT2D eigenvalue weighted by atomic mass is 10.1. The molecule has 0 bridgehead atoms. The van der Waals surface area contributed by atoms with Gasteiger partial charge in [0.1, 0.15) is 12.0 Å². The summed E-state index contributed by atoms with van der Waals surface area (Å²) < 4.78 is 0. The second-order valence-electron chi connectivity index (χ2n) is 2.53.